The lowest BCUT2D eigenvalue weighted by Gasteiger charge is -2.19. The van der Waals surface area contributed by atoms with Crippen molar-refractivity contribution < 1.29 is 9.47 Å². The van der Waals surface area contributed by atoms with E-state index >= 15 is 0 Å². The fourth-order valence-electron chi connectivity index (χ4n) is 3.73. The van der Waals surface area contributed by atoms with Crippen molar-refractivity contribution in [3.8, 4) is 11.5 Å². The summed E-state index contributed by atoms with van der Waals surface area (Å²) >= 11 is 0. The summed E-state index contributed by atoms with van der Waals surface area (Å²) in [5, 5.41) is 0.862. The quantitative estimate of drug-likeness (QED) is 0.204. The molecule has 0 spiro atoms. The average Bonchev–Trinajstić information content (AvgIpc) is 2.77. The highest BCUT2D eigenvalue weighted by Crippen LogP contribution is 2.36. The molecule has 0 atom stereocenters. The van der Waals surface area contributed by atoms with Crippen molar-refractivity contribution in [1.29, 1.82) is 0 Å². The molecule has 5 nitrogen and oxygen atoms in total. The highest BCUT2D eigenvalue weighted by molar-refractivity contribution is 5.90. The summed E-state index contributed by atoms with van der Waals surface area (Å²) in [6, 6.07) is 5.66. The highest BCUT2D eigenvalue weighted by atomic mass is 16.5. The number of nitrogen functional groups attached to an aromatic ring is 1. The maximum atomic E-state index is 13.6. The van der Waals surface area contributed by atoms with Crippen LogP contribution in [0.25, 0.3) is 10.9 Å². The molecule has 0 amide bonds. The number of aromatic nitrogens is 1. The van der Waals surface area contributed by atoms with Gasteiger partial charge in [0, 0.05) is 24.0 Å². The van der Waals surface area contributed by atoms with Gasteiger partial charge in [0.05, 0.1) is 17.9 Å². The van der Waals surface area contributed by atoms with Crippen LogP contribution in [0.1, 0.15) is 85.5 Å². The zero-order valence-electron chi connectivity index (χ0n) is 19.8. The number of pyridine rings is 1. The Morgan fingerprint density at radius 1 is 1.00 bits per heavy atom. The number of unbranched alkanes of at least 4 members (excludes halogenated alkanes) is 6. The molecule has 2 N–H and O–H groups in total. The molecule has 0 fully saturated rings. The minimum Gasteiger partial charge on any atom is -0.485 e. The monoisotopic (exact) mass is 428 g/mol. The first-order valence-electron chi connectivity index (χ1n) is 12.0. The van der Waals surface area contributed by atoms with Gasteiger partial charge >= 0.3 is 0 Å². The summed E-state index contributed by atoms with van der Waals surface area (Å²) in [5.74, 6) is 1.64. The van der Waals surface area contributed by atoms with Crippen LogP contribution in [0.4, 0.5) is 5.69 Å². The van der Waals surface area contributed by atoms with Gasteiger partial charge in [0.2, 0.25) is 5.75 Å². The van der Waals surface area contributed by atoms with Crippen LogP contribution in [0.3, 0.4) is 0 Å². The van der Waals surface area contributed by atoms with Crippen LogP contribution in [0.5, 0.6) is 11.5 Å². The van der Waals surface area contributed by atoms with Crippen LogP contribution >= 0.6 is 0 Å². The molecule has 172 valence electrons. The first-order valence-corrected chi connectivity index (χ1v) is 12.0. The van der Waals surface area contributed by atoms with Gasteiger partial charge in [-0.3, -0.25) is 4.79 Å². The Hall–Kier alpha value is -2.43. The second-order valence-corrected chi connectivity index (χ2v) is 8.07. The SMILES string of the molecule is CC=C(CC)Oc1c(OCCCCCC)c(=O)n(CCCCCC)c2cc(N)ccc12. The van der Waals surface area contributed by atoms with Crippen molar-refractivity contribution in [1.82, 2.24) is 4.57 Å². The van der Waals surface area contributed by atoms with Gasteiger partial charge < -0.3 is 19.8 Å². The largest absolute Gasteiger partial charge is 0.485 e. The number of allylic oxidation sites excluding steroid dienone is 2. The summed E-state index contributed by atoms with van der Waals surface area (Å²) in [6.45, 7) is 9.51. The molecule has 0 saturated heterocycles. The van der Waals surface area contributed by atoms with Crippen molar-refractivity contribution in [3.63, 3.8) is 0 Å². The van der Waals surface area contributed by atoms with E-state index in [1.54, 1.807) is 0 Å². The third-order valence-corrected chi connectivity index (χ3v) is 5.59. The second kappa shape index (κ2) is 13.1. The lowest BCUT2D eigenvalue weighted by Crippen LogP contribution is -2.24. The molecule has 0 bridgehead atoms. The predicted octanol–water partition coefficient (Wildman–Crippen LogP) is 6.82. The first-order chi connectivity index (χ1) is 15.1. The molecule has 1 aromatic heterocycles. The molecule has 1 heterocycles. The molecule has 0 aliphatic heterocycles. The first kappa shape index (κ1) is 24.8. The van der Waals surface area contributed by atoms with E-state index in [4.69, 9.17) is 15.2 Å². The van der Waals surface area contributed by atoms with Gasteiger partial charge in [-0.2, -0.15) is 0 Å². The minimum absolute atomic E-state index is 0.133. The van der Waals surface area contributed by atoms with Gasteiger partial charge in [0.25, 0.3) is 5.56 Å². The van der Waals surface area contributed by atoms with E-state index < -0.39 is 0 Å². The summed E-state index contributed by atoms with van der Waals surface area (Å²) in [4.78, 5) is 13.6. The van der Waals surface area contributed by atoms with Crippen molar-refractivity contribution in [2.75, 3.05) is 12.3 Å². The maximum absolute atomic E-state index is 13.6. The number of benzene rings is 1. The van der Waals surface area contributed by atoms with Crippen LogP contribution < -0.4 is 20.8 Å². The summed E-state index contributed by atoms with van der Waals surface area (Å²) in [6.07, 6.45) is 11.4. The Labute approximate surface area is 187 Å². The number of fused-ring (bicyclic) bond motifs is 1. The smallest absolute Gasteiger partial charge is 0.297 e. The predicted molar refractivity (Wildman–Crippen MR) is 131 cm³/mol. The molecule has 0 aliphatic carbocycles. The average molecular weight is 429 g/mol. The third kappa shape index (κ3) is 6.78. The molecule has 0 aliphatic rings. The van der Waals surface area contributed by atoms with Crippen LogP contribution in [0, 0.1) is 0 Å². The van der Waals surface area contributed by atoms with Crippen LogP contribution in [-0.2, 0) is 6.54 Å². The lowest BCUT2D eigenvalue weighted by atomic mass is 10.1. The van der Waals surface area contributed by atoms with Crippen LogP contribution in [-0.4, -0.2) is 11.2 Å². The molecule has 31 heavy (non-hydrogen) atoms. The number of hydrogen-bond acceptors (Lipinski definition) is 4. The molecular weight excluding hydrogens is 388 g/mol. The van der Waals surface area contributed by atoms with Crippen molar-refractivity contribution in [2.45, 2.75) is 92.0 Å². The number of anilines is 1. The number of aryl methyl sites for hydroxylation is 1. The zero-order valence-corrected chi connectivity index (χ0v) is 19.8. The normalized spacial score (nSPS) is 11.8. The van der Waals surface area contributed by atoms with Crippen molar-refractivity contribution in [2.24, 2.45) is 0 Å². The number of nitrogens with two attached hydrogens (primary N) is 1. The van der Waals surface area contributed by atoms with Gasteiger partial charge in [-0.25, -0.2) is 0 Å². The third-order valence-electron chi connectivity index (χ3n) is 5.59. The van der Waals surface area contributed by atoms with Gasteiger partial charge in [-0.15, -0.1) is 0 Å². The van der Waals surface area contributed by atoms with E-state index in [2.05, 4.69) is 13.8 Å². The lowest BCUT2D eigenvalue weighted by molar-refractivity contribution is 0.280. The Kier molecular flexibility index (Phi) is 10.5. The fourth-order valence-corrected chi connectivity index (χ4v) is 3.73. The molecule has 5 heteroatoms. The van der Waals surface area contributed by atoms with Gasteiger partial charge in [0.1, 0.15) is 0 Å². The summed E-state index contributed by atoms with van der Waals surface area (Å²) < 4.78 is 14.1. The summed E-state index contributed by atoms with van der Waals surface area (Å²) in [7, 11) is 0. The second-order valence-electron chi connectivity index (χ2n) is 8.07. The number of ether oxygens (including phenoxy) is 2. The zero-order chi connectivity index (χ0) is 22.6. The molecule has 2 aromatic rings. The molecular formula is C26H40N2O3. The Morgan fingerprint density at radius 3 is 2.35 bits per heavy atom. The van der Waals surface area contributed by atoms with Gasteiger partial charge in [-0.05, 0) is 44.0 Å². The number of rotatable bonds is 14. The van der Waals surface area contributed by atoms with Gasteiger partial charge in [0.15, 0.2) is 5.75 Å². The molecule has 0 unspecified atom stereocenters. The molecule has 1 aromatic carbocycles. The highest BCUT2D eigenvalue weighted by Gasteiger charge is 2.21. The Bertz CT molecular complexity index is 915. The Morgan fingerprint density at radius 2 is 1.71 bits per heavy atom. The van der Waals surface area contributed by atoms with E-state index in [0.29, 0.717) is 30.3 Å². The van der Waals surface area contributed by atoms with Gasteiger partial charge in [-0.1, -0.05) is 59.3 Å². The summed E-state index contributed by atoms with van der Waals surface area (Å²) in [5.41, 5.74) is 7.40. The molecule has 2 rings (SSSR count). The molecule has 0 radical (unpaired) electrons. The van der Waals surface area contributed by atoms with E-state index in [1.165, 1.54) is 6.42 Å². The number of nitrogens with zero attached hydrogens (tertiary/aromatic N) is 1. The topological polar surface area (TPSA) is 66.5 Å². The standard InChI is InChI=1S/C26H40N2O3/c1-5-9-11-13-17-28-23-19-20(27)15-16-22(23)24(31-21(7-3)8-4)25(26(28)29)30-18-14-12-10-6-2/h7,15-16,19H,5-6,8-14,17-18,27H2,1-4H3. The Balaban J connectivity index is 2.54. The fraction of sp³-hybridized carbons (Fsp3) is 0.577. The number of hydrogen-bond donors (Lipinski definition) is 1. The van der Waals surface area contributed by atoms with E-state index in [9.17, 15) is 4.79 Å². The van der Waals surface area contributed by atoms with E-state index in [0.717, 1.165) is 68.0 Å². The van der Waals surface area contributed by atoms with E-state index in [-0.39, 0.29) is 5.56 Å². The molecule has 0 saturated carbocycles. The van der Waals surface area contributed by atoms with Crippen molar-refractivity contribution in [3.05, 3.63) is 40.4 Å². The van der Waals surface area contributed by atoms with Crippen LogP contribution in [0.15, 0.2) is 34.8 Å². The van der Waals surface area contributed by atoms with Crippen LogP contribution in [0.2, 0.25) is 0 Å². The van der Waals surface area contributed by atoms with E-state index in [1.807, 2.05) is 42.7 Å². The maximum Gasteiger partial charge on any atom is 0.297 e. The van der Waals surface area contributed by atoms with Crippen molar-refractivity contribution >= 4 is 16.6 Å². The minimum atomic E-state index is -0.133.